The summed E-state index contributed by atoms with van der Waals surface area (Å²) < 4.78 is 0. The summed E-state index contributed by atoms with van der Waals surface area (Å²) >= 11 is 0. The number of hydrogen-bond donors (Lipinski definition) is 0. The molecule has 0 aromatic rings. The van der Waals surface area contributed by atoms with Crippen LogP contribution in [-0.4, -0.2) is 18.5 Å². The standard InChI is InChI=1S/C9H19N/c1-5-7-8-10(4)9(3)6-2/h3,5-8H2,1-2,4H3. The van der Waals surface area contributed by atoms with Gasteiger partial charge in [-0.15, -0.1) is 0 Å². The van der Waals surface area contributed by atoms with E-state index in [2.05, 4.69) is 32.4 Å². The first kappa shape index (κ1) is 9.54. The summed E-state index contributed by atoms with van der Waals surface area (Å²) in [4.78, 5) is 2.24. The molecule has 60 valence electrons. The fourth-order valence-corrected chi connectivity index (χ4v) is 0.823. The van der Waals surface area contributed by atoms with E-state index >= 15 is 0 Å². The zero-order valence-corrected chi connectivity index (χ0v) is 7.48. The molecule has 0 aliphatic carbocycles. The van der Waals surface area contributed by atoms with Crippen LogP contribution in [0.4, 0.5) is 0 Å². The predicted molar refractivity (Wildman–Crippen MR) is 47.0 cm³/mol. The van der Waals surface area contributed by atoms with Crippen molar-refractivity contribution in [1.29, 1.82) is 0 Å². The van der Waals surface area contributed by atoms with E-state index in [-0.39, 0.29) is 0 Å². The SMILES string of the molecule is C=C(CC)N(C)CCCC. The lowest BCUT2D eigenvalue weighted by Gasteiger charge is -2.19. The van der Waals surface area contributed by atoms with Gasteiger partial charge in [-0.05, 0) is 12.8 Å². The number of nitrogens with zero attached hydrogens (tertiary/aromatic N) is 1. The zero-order valence-electron chi connectivity index (χ0n) is 7.48. The van der Waals surface area contributed by atoms with E-state index < -0.39 is 0 Å². The minimum Gasteiger partial charge on any atom is -0.378 e. The van der Waals surface area contributed by atoms with Gasteiger partial charge < -0.3 is 4.90 Å². The molecule has 0 aliphatic heterocycles. The minimum absolute atomic E-state index is 1.07. The quantitative estimate of drug-likeness (QED) is 0.569. The molecule has 0 atom stereocenters. The lowest BCUT2D eigenvalue weighted by Crippen LogP contribution is -2.17. The van der Waals surface area contributed by atoms with Crippen molar-refractivity contribution in [3.05, 3.63) is 12.3 Å². The van der Waals surface area contributed by atoms with Crippen molar-refractivity contribution in [2.45, 2.75) is 33.1 Å². The van der Waals surface area contributed by atoms with Crippen LogP contribution in [0.2, 0.25) is 0 Å². The third kappa shape index (κ3) is 3.54. The molecule has 0 aliphatic rings. The summed E-state index contributed by atoms with van der Waals surface area (Å²) in [5, 5.41) is 0. The van der Waals surface area contributed by atoms with E-state index in [1.54, 1.807) is 0 Å². The summed E-state index contributed by atoms with van der Waals surface area (Å²) in [6.45, 7) is 9.46. The molecule has 10 heavy (non-hydrogen) atoms. The fraction of sp³-hybridized carbons (Fsp3) is 0.778. The number of unbranched alkanes of at least 4 members (excludes halogenated alkanes) is 1. The third-order valence-corrected chi connectivity index (χ3v) is 1.80. The Morgan fingerprint density at radius 3 is 2.40 bits per heavy atom. The molecular weight excluding hydrogens is 122 g/mol. The van der Waals surface area contributed by atoms with Crippen molar-refractivity contribution in [3.63, 3.8) is 0 Å². The van der Waals surface area contributed by atoms with E-state index in [1.807, 2.05) is 0 Å². The summed E-state index contributed by atoms with van der Waals surface area (Å²) in [5.74, 6) is 0. The molecule has 0 saturated carbocycles. The Hall–Kier alpha value is -0.460. The molecule has 0 saturated heterocycles. The van der Waals surface area contributed by atoms with Gasteiger partial charge in [-0.3, -0.25) is 0 Å². The summed E-state index contributed by atoms with van der Waals surface area (Å²) in [6, 6.07) is 0. The Morgan fingerprint density at radius 1 is 1.40 bits per heavy atom. The molecule has 0 unspecified atom stereocenters. The van der Waals surface area contributed by atoms with E-state index in [4.69, 9.17) is 0 Å². The second-order valence-corrected chi connectivity index (χ2v) is 2.69. The van der Waals surface area contributed by atoms with Crippen molar-refractivity contribution in [2.75, 3.05) is 13.6 Å². The van der Waals surface area contributed by atoms with Gasteiger partial charge in [-0.2, -0.15) is 0 Å². The highest BCUT2D eigenvalue weighted by Crippen LogP contribution is 2.03. The van der Waals surface area contributed by atoms with Crippen LogP contribution in [0, 0.1) is 0 Å². The lowest BCUT2D eigenvalue weighted by molar-refractivity contribution is 0.397. The van der Waals surface area contributed by atoms with Crippen LogP contribution in [0.3, 0.4) is 0 Å². The van der Waals surface area contributed by atoms with Crippen LogP contribution in [0.1, 0.15) is 33.1 Å². The van der Waals surface area contributed by atoms with Gasteiger partial charge in [0.2, 0.25) is 0 Å². The second-order valence-electron chi connectivity index (χ2n) is 2.69. The van der Waals surface area contributed by atoms with Crippen molar-refractivity contribution in [2.24, 2.45) is 0 Å². The number of allylic oxidation sites excluding steroid dienone is 1. The average molecular weight is 141 g/mol. The smallest absolute Gasteiger partial charge is 0.0171 e. The molecule has 0 bridgehead atoms. The van der Waals surface area contributed by atoms with E-state index in [0.29, 0.717) is 0 Å². The minimum atomic E-state index is 1.07. The van der Waals surface area contributed by atoms with Crippen molar-refractivity contribution in [3.8, 4) is 0 Å². The highest BCUT2D eigenvalue weighted by Gasteiger charge is 1.96. The number of hydrogen-bond acceptors (Lipinski definition) is 1. The largest absolute Gasteiger partial charge is 0.378 e. The van der Waals surface area contributed by atoms with Gasteiger partial charge in [-0.25, -0.2) is 0 Å². The molecule has 0 rings (SSSR count). The molecule has 0 spiro atoms. The van der Waals surface area contributed by atoms with Crippen LogP contribution in [0.25, 0.3) is 0 Å². The normalized spacial score (nSPS) is 9.50. The molecule has 0 amide bonds. The lowest BCUT2D eigenvalue weighted by atomic mass is 10.3. The Morgan fingerprint density at radius 2 is 2.00 bits per heavy atom. The maximum Gasteiger partial charge on any atom is 0.0171 e. The molecule has 0 N–H and O–H groups in total. The Bertz CT molecular complexity index is 96.9. The van der Waals surface area contributed by atoms with Gasteiger partial charge in [0.15, 0.2) is 0 Å². The Labute approximate surface area is 64.7 Å². The highest BCUT2D eigenvalue weighted by atomic mass is 15.1. The molecule has 0 heterocycles. The second kappa shape index (κ2) is 5.33. The Balaban J connectivity index is 3.41. The first-order valence-corrected chi connectivity index (χ1v) is 4.11. The van der Waals surface area contributed by atoms with Gasteiger partial charge in [0.1, 0.15) is 0 Å². The predicted octanol–water partition coefficient (Wildman–Crippen LogP) is 2.64. The first-order valence-electron chi connectivity index (χ1n) is 4.11. The van der Waals surface area contributed by atoms with Crippen molar-refractivity contribution in [1.82, 2.24) is 4.90 Å². The van der Waals surface area contributed by atoms with Crippen LogP contribution in [0.15, 0.2) is 12.3 Å². The third-order valence-electron chi connectivity index (χ3n) is 1.80. The van der Waals surface area contributed by atoms with E-state index in [9.17, 15) is 0 Å². The van der Waals surface area contributed by atoms with Crippen LogP contribution >= 0.6 is 0 Å². The molecule has 0 radical (unpaired) electrons. The molecule has 0 fully saturated rings. The fourth-order valence-electron chi connectivity index (χ4n) is 0.823. The maximum atomic E-state index is 3.95. The molecule has 1 nitrogen and oxygen atoms in total. The summed E-state index contributed by atoms with van der Waals surface area (Å²) in [5.41, 5.74) is 1.24. The van der Waals surface area contributed by atoms with Gasteiger partial charge in [0.25, 0.3) is 0 Å². The maximum absolute atomic E-state index is 3.95. The average Bonchev–Trinajstić information content (AvgIpc) is 1.98. The van der Waals surface area contributed by atoms with Gasteiger partial charge in [0, 0.05) is 19.3 Å². The van der Waals surface area contributed by atoms with Gasteiger partial charge in [-0.1, -0.05) is 26.8 Å². The van der Waals surface area contributed by atoms with Gasteiger partial charge >= 0.3 is 0 Å². The van der Waals surface area contributed by atoms with E-state index in [0.717, 1.165) is 13.0 Å². The van der Waals surface area contributed by atoms with Crippen LogP contribution in [0.5, 0.6) is 0 Å². The van der Waals surface area contributed by atoms with Crippen molar-refractivity contribution >= 4 is 0 Å². The summed E-state index contributed by atoms with van der Waals surface area (Å²) in [7, 11) is 2.11. The summed E-state index contributed by atoms with van der Waals surface area (Å²) in [6.07, 6.45) is 3.61. The monoisotopic (exact) mass is 141 g/mol. The highest BCUT2D eigenvalue weighted by molar-refractivity contribution is 4.90. The van der Waals surface area contributed by atoms with Crippen LogP contribution in [-0.2, 0) is 0 Å². The Kier molecular flexibility index (Phi) is 5.09. The zero-order chi connectivity index (χ0) is 7.98. The number of rotatable bonds is 5. The van der Waals surface area contributed by atoms with Crippen molar-refractivity contribution < 1.29 is 0 Å². The molecule has 0 aromatic heterocycles. The molecular formula is C9H19N. The molecule has 0 aromatic carbocycles. The molecule has 1 heteroatoms. The first-order chi connectivity index (χ1) is 4.72. The van der Waals surface area contributed by atoms with Gasteiger partial charge in [0.05, 0.1) is 0 Å². The van der Waals surface area contributed by atoms with E-state index in [1.165, 1.54) is 18.5 Å². The van der Waals surface area contributed by atoms with Crippen LogP contribution < -0.4 is 0 Å². The topological polar surface area (TPSA) is 3.24 Å².